The van der Waals surface area contributed by atoms with Gasteiger partial charge in [-0.05, 0) is 19.0 Å². The molecule has 0 amide bonds. The maximum absolute atomic E-state index is 5.91. The van der Waals surface area contributed by atoms with E-state index in [9.17, 15) is 0 Å². The molecule has 1 aromatic carbocycles. The second kappa shape index (κ2) is 6.62. The van der Waals surface area contributed by atoms with Crippen molar-refractivity contribution in [3.8, 4) is 0 Å². The Kier molecular flexibility index (Phi) is 5.81. The Morgan fingerprint density at radius 1 is 1.07 bits per heavy atom. The summed E-state index contributed by atoms with van der Waals surface area (Å²) in [5, 5.41) is 1.23. The van der Waals surface area contributed by atoms with Crippen molar-refractivity contribution in [2.45, 2.75) is 13.8 Å². The van der Waals surface area contributed by atoms with E-state index in [1.54, 1.807) is 0 Å². The summed E-state index contributed by atoms with van der Waals surface area (Å²) in [4.78, 5) is 0. The van der Waals surface area contributed by atoms with Crippen molar-refractivity contribution >= 4 is 36.3 Å². The first-order chi connectivity index (χ1) is 7.29. The molecule has 15 heavy (non-hydrogen) atoms. The molecule has 0 bridgehead atoms. The van der Waals surface area contributed by atoms with E-state index in [-0.39, 0.29) is 0 Å². The molecule has 0 heterocycles. The first kappa shape index (κ1) is 13.2. The molecule has 0 radical (unpaired) electrons. The van der Waals surface area contributed by atoms with Crippen molar-refractivity contribution < 1.29 is 8.85 Å². The van der Waals surface area contributed by atoms with E-state index in [1.165, 1.54) is 5.19 Å². The number of hydrogen-bond donors (Lipinski definition) is 0. The highest BCUT2D eigenvalue weighted by molar-refractivity contribution is 14.1. The zero-order chi connectivity index (χ0) is 11.1. The minimum Gasteiger partial charge on any atom is -0.391 e. The van der Waals surface area contributed by atoms with Crippen LogP contribution in [0.15, 0.2) is 30.3 Å². The Balaban J connectivity index is 2.97. The van der Waals surface area contributed by atoms with Crippen LogP contribution in [-0.2, 0) is 8.85 Å². The van der Waals surface area contributed by atoms with Crippen molar-refractivity contribution in [3.05, 3.63) is 30.3 Å². The van der Waals surface area contributed by atoms with Crippen LogP contribution in [0.4, 0.5) is 0 Å². The van der Waals surface area contributed by atoms with Gasteiger partial charge in [0.25, 0.3) is 0 Å². The van der Waals surface area contributed by atoms with E-state index in [0.29, 0.717) is 13.2 Å². The van der Waals surface area contributed by atoms with Gasteiger partial charge in [-0.2, -0.15) is 0 Å². The molecule has 0 fully saturated rings. The van der Waals surface area contributed by atoms with Crippen LogP contribution >= 0.6 is 22.6 Å². The van der Waals surface area contributed by atoms with Crippen molar-refractivity contribution in [2.24, 2.45) is 0 Å². The lowest BCUT2D eigenvalue weighted by Gasteiger charge is -2.28. The lowest BCUT2D eigenvalue weighted by molar-refractivity contribution is 0.202. The van der Waals surface area contributed by atoms with E-state index >= 15 is 0 Å². The van der Waals surface area contributed by atoms with Crippen LogP contribution in [0.3, 0.4) is 0 Å². The molecule has 0 N–H and O–H groups in total. The summed E-state index contributed by atoms with van der Waals surface area (Å²) in [7, 11) is -2.16. The largest absolute Gasteiger partial charge is 0.391 e. The molecule has 0 saturated heterocycles. The van der Waals surface area contributed by atoms with Gasteiger partial charge < -0.3 is 8.85 Å². The van der Waals surface area contributed by atoms with Gasteiger partial charge >= 0.3 is 8.56 Å². The molecular formula is C11H17IO2Si. The highest BCUT2D eigenvalue weighted by Gasteiger charge is 2.38. The molecule has 0 spiro atoms. The van der Waals surface area contributed by atoms with E-state index in [1.807, 2.05) is 32.0 Å². The third-order valence-electron chi connectivity index (χ3n) is 2.14. The van der Waals surface area contributed by atoms with Crippen LogP contribution < -0.4 is 5.19 Å². The summed E-state index contributed by atoms with van der Waals surface area (Å²) in [5.74, 6) is 0. The minimum atomic E-state index is -2.16. The van der Waals surface area contributed by atoms with Crippen molar-refractivity contribution in [2.75, 3.05) is 17.3 Å². The quantitative estimate of drug-likeness (QED) is 0.451. The molecule has 1 rings (SSSR count). The summed E-state index contributed by atoms with van der Waals surface area (Å²) in [6.07, 6.45) is 0. The Hall–Kier alpha value is 0.0869. The van der Waals surface area contributed by atoms with Gasteiger partial charge in [-0.25, -0.2) is 0 Å². The number of rotatable bonds is 6. The highest BCUT2D eigenvalue weighted by atomic mass is 127. The van der Waals surface area contributed by atoms with Crippen LogP contribution in [0.2, 0.25) is 0 Å². The summed E-state index contributed by atoms with van der Waals surface area (Å²) in [6, 6.07) is 10.3. The number of halogens is 1. The van der Waals surface area contributed by atoms with Crippen LogP contribution in [-0.4, -0.2) is 25.8 Å². The lowest BCUT2D eigenvalue weighted by Crippen LogP contribution is -2.56. The summed E-state index contributed by atoms with van der Waals surface area (Å²) >= 11 is 2.36. The second-order valence-corrected chi connectivity index (χ2v) is 8.33. The molecule has 0 unspecified atom stereocenters. The van der Waals surface area contributed by atoms with Gasteiger partial charge in [0, 0.05) is 17.3 Å². The summed E-state index contributed by atoms with van der Waals surface area (Å²) in [5.41, 5.74) is 0. The Bertz CT molecular complexity index is 273. The molecule has 4 heteroatoms. The van der Waals surface area contributed by atoms with Crippen molar-refractivity contribution in [1.82, 2.24) is 0 Å². The lowest BCUT2D eigenvalue weighted by atomic mass is 10.4. The van der Waals surface area contributed by atoms with E-state index < -0.39 is 8.56 Å². The fraction of sp³-hybridized carbons (Fsp3) is 0.455. The normalized spacial score (nSPS) is 11.7. The monoisotopic (exact) mass is 336 g/mol. The molecule has 0 saturated carbocycles. The Morgan fingerprint density at radius 3 is 2.00 bits per heavy atom. The third-order valence-corrected chi connectivity index (χ3v) is 8.23. The molecule has 0 aliphatic rings. The zero-order valence-electron chi connectivity index (χ0n) is 9.20. The molecule has 0 aliphatic heterocycles. The highest BCUT2D eigenvalue weighted by Crippen LogP contribution is 2.12. The van der Waals surface area contributed by atoms with Crippen LogP contribution in [0.1, 0.15) is 13.8 Å². The first-order valence-electron chi connectivity index (χ1n) is 5.18. The van der Waals surface area contributed by atoms with E-state index in [4.69, 9.17) is 8.85 Å². The van der Waals surface area contributed by atoms with Gasteiger partial charge in [-0.1, -0.05) is 52.9 Å². The van der Waals surface area contributed by atoms with Crippen molar-refractivity contribution in [1.29, 1.82) is 0 Å². The van der Waals surface area contributed by atoms with Gasteiger partial charge in [0.15, 0.2) is 0 Å². The first-order valence-corrected chi connectivity index (χ1v) is 8.73. The fourth-order valence-corrected chi connectivity index (χ4v) is 6.52. The minimum absolute atomic E-state index is 0.712. The molecular weight excluding hydrogens is 319 g/mol. The fourth-order valence-electron chi connectivity index (χ4n) is 1.52. The number of alkyl halides is 1. The van der Waals surface area contributed by atoms with Gasteiger partial charge in [0.2, 0.25) is 0 Å². The average Bonchev–Trinajstić information content (AvgIpc) is 2.30. The molecule has 0 aliphatic carbocycles. The predicted molar refractivity (Wildman–Crippen MR) is 74.0 cm³/mol. The summed E-state index contributed by atoms with van der Waals surface area (Å²) < 4.78 is 12.8. The van der Waals surface area contributed by atoms with Gasteiger partial charge in [-0.15, -0.1) is 0 Å². The zero-order valence-corrected chi connectivity index (χ0v) is 12.4. The smallest absolute Gasteiger partial charge is 0.382 e. The summed E-state index contributed by atoms with van der Waals surface area (Å²) in [6.45, 7) is 5.47. The molecule has 2 nitrogen and oxygen atoms in total. The molecule has 0 atom stereocenters. The van der Waals surface area contributed by atoms with Crippen LogP contribution in [0.25, 0.3) is 0 Å². The van der Waals surface area contributed by atoms with E-state index in [2.05, 4.69) is 34.7 Å². The number of hydrogen-bond acceptors (Lipinski definition) is 2. The Labute approximate surface area is 106 Å². The average molecular weight is 336 g/mol. The second-order valence-electron chi connectivity index (χ2n) is 3.12. The third kappa shape index (κ3) is 3.27. The van der Waals surface area contributed by atoms with Crippen molar-refractivity contribution in [3.63, 3.8) is 0 Å². The number of benzene rings is 1. The Morgan fingerprint density at radius 2 is 1.60 bits per heavy atom. The van der Waals surface area contributed by atoms with Gasteiger partial charge in [0.1, 0.15) is 0 Å². The maximum atomic E-state index is 5.91. The molecule has 84 valence electrons. The standard InChI is InChI=1S/C11H17IO2Si/c1-3-13-15(10-12,14-4-2)11-8-6-5-7-9-11/h5-9H,3-4,10H2,1-2H3. The topological polar surface area (TPSA) is 18.5 Å². The molecule has 1 aromatic rings. The predicted octanol–water partition coefficient (Wildman–Crippen LogP) is 2.38. The SMILES string of the molecule is CCO[Si](CI)(OCC)c1ccccc1. The molecule has 0 aromatic heterocycles. The maximum Gasteiger partial charge on any atom is 0.382 e. The van der Waals surface area contributed by atoms with Crippen LogP contribution in [0, 0.1) is 0 Å². The van der Waals surface area contributed by atoms with Gasteiger partial charge in [-0.3, -0.25) is 0 Å². The van der Waals surface area contributed by atoms with E-state index in [0.717, 1.165) is 4.05 Å². The van der Waals surface area contributed by atoms with Gasteiger partial charge in [0.05, 0.1) is 0 Å². The van der Waals surface area contributed by atoms with Crippen LogP contribution in [0.5, 0.6) is 0 Å².